The summed E-state index contributed by atoms with van der Waals surface area (Å²) >= 11 is 1.52. The number of carboxylic acids is 1. The second kappa shape index (κ2) is 4.06. The van der Waals surface area contributed by atoms with E-state index in [0.717, 1.165) is 18.7 Å². The van der Waals surface area contributed by atoms with E-state index in [2.05, 4.69) is 10.3 Å². The van der Waals surface area contributed by atoms with Crippen LogP contribution in [0.3, 0.4) is 0 Å². The number of thiazole rings is 1. The monoisotopic (exact) mass is 212 g/mol. The lowest BCUT2D eigenvalue weighted by Gasteiger charge is -2.27. The van der Waals surface area contributed by atoms with Gasteiger partial charge in [0.05, 0.1) is 17.1 Å². The zero-order valence-corrected chi connectivity index (χ0v) is 8.46. The molecule has 0 bridgehead atoms. The predicted octanol–water partition coefficient (Wildman–Crippen LogP) is 0.921. The van der Waals surface area contributed by atoms with Crippen LogP contribution in [0.1, 0.15) is 18.0 Å². The summed E-state index contributed by atoms with van der Waals surface area (Å²) < 4.78 is 0. The number of hydrogen-bond acceptors (Lipinski definition) is 4. The zero-order valence-electron chi connectivity index (χ0n) is 7.64. The van der Waals surface area contributed by atoms with Gasteiger partial charge in [0.2, 0.25) is 0 Å². The quantitative estimate of drug-likeness (QED) is 0.765. The van der Waals surface area contributed by atoms with Crippen LogP contribution in [0.25, 0.3) is 0 Å². The molecule has 1 aromatic rings. The Kier molecular flexibility index (Phi) is 2.79. The van der Waals surface area contributed by atoms with E-state index in [0.29, 0.717) is 6.54 Å². The molecule has 0 radical (unpaired) electrons. The minimum absolute atomic E-state index is 0.0833. The fourth-order valence-electron chi connectivity index (χ4n) is 1.88. The molecule has 2 heterocycles. The Bertz CT molecular complexity index is 313. The molecule has 14 heavy (non-hydrogen) atoms. The van der Waals surface area contributed by atoms with Gasteiger partial charge in [0.1, 0.15) is 0 Å². The van der Waals surface area contributed by atoms with E-state index in [1.54, 1.807) is 5.51 Å². The summed E-state index contributed by atoms with van der Waals surface area (Å²) in [5.74, 6) is -0.971. The average Bonchev–Trinajstić information content (AvgIpc) is 2.70. The lowest BCUT2D eigenvalue weighted by molar-refractivity contribution is -0.143. The lowest BCUT2D eigenvalue weighted by atomic mass is 9.84. The number of carboxylic acid groups (broad SMARTS) is 1. The van der Waals surface area contributed by atoms with Gasteiger partial charge in [0, 0.05) is 17.8 Å². The van der Waals surface area contributed by atoms with Crippen molar-refractivity contribution in [1.29, 1.82) is 0 Å². The van der Waals surface area contributed by atoms with Crippen molar-refractivity contribution in [2.45, 2.75) is 12.3 Å². The van der Waals surface area contributed by atoms with Crippen molar-refractivity contribution in [3.8, 4) is 0 Å². The van der Waals surface area contributed by atoms with E-state index < -0.39 is 5.97 Å². The van der Waals surface area contributed by atoms with E-state index in [1.165, 1.54) is 11.3 Å². The lowest BCUT2D eigenvalue weighted by Crippen LogP contribution is -2.39. The van der Waals surface area contributed by atoms with Crippen molar-refractivity contribution < 1.29 is 9.90 Å². The summed E-state index contributed by atoms with van der Waals surface area (Å²) in [5.41, 5.74) is 2.69. The topological polar surface area (TPSA) is 62.2 Å². The van der Waals surface area contributed by atoms with Crippen LogP contribution >= 0.6 is 11.3 Å². The molecule has 4 nitrogen and oxygen atoms in total. The van der Waals surface area contributed by atoms with Gasteiger partial charge in [-0.3, -0.25) is 4.79 Å². The van der Waals surface area contributed by atoms with E-state index in [1.807, 2.05) is 5.38 Å². The molecule has 1 fully saturated rings. The van der Waals surface area contributed by atoms with Crippen molar-refractivity contribution in [3.63, 3.8) is 0 Å². The molecular formula is C9H12N2O2S. The van der Waals surface area contributed by atoms with Gasteiger partial charge < -0.3 is 10.4 Å². The number of aliphatic carboxylic acids is 1. The van der Waals surface area contributed by atoms with E-state index in [-0.39, 0.29) is 11.8 Å². The van der Waals surface area contributed by atoms with Gasteiger partial charge in [0.15, 0.2) is 0 Å². The maximum Gasteiger partial charge on any atom is 0.308 e. The normalized spacial score (nSPS) is 27.4. The maximum atomic E-state index is 11.0. The molecule has 5 heteroatoms. The van der Waals surface area contributed by atoms with E-state index in [4.69, 9.17) is 5.11 Å². The summed E-state index contributed by atoms with van der Waals surface area (Å²) in [4.78, 5) is 15.2. The highest BCUT2D eigenvalue weighted by atomic mass is 32.1. The molecule has 0 amide bonds. The van der Waals surface area contributed by atoms with Gasteiger partial charge in [-0.2, -0.15) is 0 Å². The van der Waals surface area contributed by atoms with Crippen LogP contribution in [0.5, 0.6) is 0 Å². The standard InChI is InChI=1S/C9H12N2O2S/c12-9(13)7-3-10-2-1-6(7)8-4-14-5-11-8/h4-7,10H,1-3H2,(H,12,13). The van der Waals surface area contributed by atoms with Crippen molar-refractivity contribution in [2.75, 3.05) is 13.1 Å². The molecule has 0 aliphatic carbocycles. The van der Waals surface area contributed by atoms with E-state index in [9.17, 15) is 4.79 Å². The second-order valence-corrected chi connectivity index (χ2v) is 4.18. The number of nitrogens with one attached hydrogen (secondary N) is 1. The van der Waals surface area contributed by atoms with Crippen molar-refractivity contribution in [1.82, 2.24) is 10.3 Å². The van der Waals surface area contributed by atoms with Crippen LogP contribution in [0.15, 0.2) is 10.9 Å². The Morgan fingerprint density at radius 2 is 2.57 bits per heavy atom. The Labute approximate surface area is 86.0 Å². The smallest absolute Gasteiger partial charge is 0.308 e. The fraction of sp³-hybridized carbons (Fsp3) is 0.556. The Hall–Kier alpha value is -0.940. The first-order valence-corrected chi connectivity index (χ1v) is 5.55. The minimum Gasteiger partial charge on any atom is -0.481 e. The third-order valence-electron chi connectivity index (χ3n) is 2.63. The first-order valence-electron chi connectivity index (χ1n) is 4.60. The highest BCUT2D eigenvalue weighted by Gasteiger charge is 2.32. The molecule has 1 aliphatic heterocycles. The molecule has 1 saturated heterocycles. The fourth-order valence-corrected chi connectivity index (χ4v) is 2.50. The van der Waals surface area contributed by atoms with Crippen LogP contribution in [-0.2, 0) is 4.79 Å². The molecule has 2 rings (SSSR count). The van der Waals surface area contributed by atoms with E-state index >= 15 is 0 Å². The summed E-state index contributed by atoms with van der Waals surface area (Å²) in [6.45, 7) is 1.43. The third kappa shape index (κ3) is 1.78. The number of carbonyl (C=O) groups is 1. The third-order valence-corrected chi connectivity index (χ3v) is 3.24. The molecule has 0 spiro atoms. The van der Waals surface area contributed by atoms with Crippen LogP contribution in [0.4, 0.5) is 0 Å². The van der Waals surface area contributed by atoms with Gasteiger partial charge in [-0.25, -0.2) is 4.98 Å². The predicted molar refractivity (Wildman–Crippen MR) is 53.5 cm³/mol. The zero-order chi connectivity index (χ0) is 9.97. The SMILES string of the molecule is O=C(O)C1CNCCC1c1cscn1. The highest BCUT2D eigenvalue weighted by molar-refractivity contribution is 7.07. The number of aromatic nitrogens is 1. The van der Waals surface area contributed by atoms with Gasteiger partial charge in [0.25, 0.3) is 0 Å². The minimum atomic E-state index is -0.727. The first-order chi connectivity index (χ1) is 6.79. The van der Waals surface area contributed by atoms with Crippen molar-refractivity contribution in [2.24, 2.45) is 5.92 Å². The summed E-state index contributed by atoms with van der Waals surface area (Å²) in [7, 11) is 0. The van der Waals surface area contributed by atoms with Gasteiger partial charge in [-0.15, -0.1) is 11.3 Å². The summed E-state index contributed by atoms with van der Waals surface area (Å²) in [6, 6.07) is 0. The molecule has 2 unspecified atom stereocenters. The Morgan fingerprint density at radius 3 is 3.21 bits per heavy atom. The number of nitrogens with zero attached hydrogens (tertiary/aromatic N) is 1. The Morgan fingerprint density at radius 1 is 1.71 bits per heavy atom. The molecule has 2 atom stereocenters. The van der Waals surface area contributed by atoms with Crippen LogP contribution in [-0.4, -0.2) is 29.1 Å². The van der Waals surface area contributed by atoms with Crippen molar-refractivity contribution >= 4 is 17.3 Å². The molecule has 2 N–H and O–H groups in total. The largest absolute Gasteiger partial charge is 0.481 e. The summed E-state index contributed by atoms with van der Waals surface area (Å²) in [5, 5.41) is 14.1. The van der Waals surface area contributed by atoms with Gasteiger partial charge >= 0.3 is 5.97 Å². The molecule has 76 valence electrons. The van der Waals surface area contributed by atoms with Gasteiger partial charge in [-0.05, 0) is 13.0 Å². The van der Waals surface area contributed by atoms with Crippen LogP contribution in [0, 0.1) is 5.92 Å². The second-order valence-electron chi connectivity index (χ2n) is 3.46. The number of hydrogen-bond donors (Lipinski definition) is 2. The van der Waals surface area contributed by atoms with Crippen molar-refractivity contribution in [3.05, 3.63) is 16.6 Å². The number of rotatable bonds is 2. The molecule has 0 aromatic carbocycles. The molecule has 1 aromatic heterocycles. The molecule has 1 aliphatic rings. The average molecular weight is 212 g/mol. The molecule has 0 saturated carbocycles. The van der Waals surface area contributed by atoms with Crippen LogP contribution < -0.4 is 5.32 Å². The highest BCUT2D eigenvalue weighted by Crippen LogP contribution is 2.29. The van der Waals surface area contributed by atoms with Crippen LogP contribution in [0.2, 0.25) is 0 Å². The maximum absolute atomic E-state index is 11.0. The molecular weight excluding hydrogens is 200 g/mol. The Balaban J connectivity index is 2.18. The summed E-state index contributed by atoms with van der Waals surface area (Å²) in [6.07, 6.45) is 0.862. The number of piperidine rings is 1. The first kappa shape index (κ1) is 9.61. The van der Waals surface area contributed by atoms with Gasteiger partial charge in [-0.1, -0.05) is 0 Å².